The van der Waals surface area contributed by atoms with Crippen molar-refractivity contribution in [3.63, 3.8) is 0 Å². The molecule has 0 aliphatic rings. The second kappa shape index (κ2) is 6.52. The van der Waals surface area contributed by atoms with Crippen LogP contribution in [0.25, 0.3) is 22.3 Å². The van der Waals surface area contributed by atoms with Gasteiger partial charge in [0.1, 0.15) is 22.8 Å². The molecule has 0 aromatic heterocycles. The smallest absolute Gasteiger partial charge is 0.128 e. The summed E-state index contributed by atoms with van der Waals surface area (Å²) in [6.45, 7) is 6.01. The lowest BCUT2D eigenvalue weighted by Gasteiger charge is -2.25. The summed E-state index contributed by atoms with van der Waals surface area (Å²) in [5.74, 6) is 1.19. The highest BCUT2D eigenvalue weighted by Crippen LogP contribution is 2.40. The van der Waals surface area contributed by atoms with E-state index >= 15 is 0 Å². The molecule has 0 aliphatic heterocycles. The maximum Gasteiger partial charge on any atom is 0.128 e. The lowest BCUT2D eigenvalue weighted by atomic mass is 9.93. The van der Waals surface area contributed by atoms with Crippen molar-refractivity contribution in [3.05, 3.63) is 66.7 Å². The van der Waals surface area contributed by atoms with Crippen molar-refractivity contribution in [2.24, 2.45) is 0 Å². The van der Waals surface area contributed by atoms with E-state index in [2.05, 4.69) is 6.07 Å². The summed E-state index contributed by atoms with van der Waals surface area (Å²) >= 11 is 0. The Balaban J connectivity index is 2.22. The molecule has 3 aromatic rings. The zero-order chi connectivity index (χ0) is 18.0. The Labute approximate surface area is 148 Å². The summed E-state index contributed by atoms with van der Waals surface area (Å²) in [5, 5.41) is 19.2. The number of phenols is 2. The third-order valence-electron chi connectivity index (χ3n) is 3.69. The van der Waals surface area contributed by atoms with Crippen LogP contribution in [0.4, 0.5) is 0 Å². The Hall–Kier alpha value is -2.94. The predicted molar refractivity (Wildman–Crippen MR) is 99.9 cm³/mol. The van der Waals surface area contributed by atoms with Crippen LogP contribution in [0.2, 0.25) is 0 Å². The molecular weight excluding hydrogens is 312 g/mol. The Morgan fingerprint density at radius 1 is 0.760 bits per heavy atom. The molecule has 3 aromatic carbocycles. The van der Waals surface area contributed by atoms with Gasteiger partial charge in [0.05, 0.1) is 0 Å². The Morgan fingerprint density at radius 2 is 1.28 bits per heavy atom. The van der Waals surface area contributed by atoms with E-state index in [4.69, 9.17) is 4.74 Å². The first-order chi connectivity index (χ1) is 11.8. The highest BCUT2D eigenvalue weighted by atomic mass is 16.5. The van der Waals surface area contributed by atoms with Crippen molar-refractivity contribution in [1.29, 1.82) is 0 Å². The molecule has 0 amide bonds. The van der Waals surface area contributed by atoms with Crippen LogP contribution in [-0.4, -0.2) is 15.8 Å². The van der Waals surface area contributed by atoms with E-state index in [0.717, 1.165) is 28.0 Å². The monoisotopic (exact) mass is 333 g/mol. The summed E-state index contributed by atoms with van der Waals surface area (Å²) in [7, 11) is 0. The summed E-state index contributed by atoms with van der Waals surface area (Å²) < 4.78 is 6.17. The number of benzene rings is 3. The van der Waals surface area contributed by atoms with Gasteiger partial charge in [0, 0.05) is 11.1 Å². The molecule has 0 saturated carbocycles. The molecule has 3 heteroatoms. The Bertz CT molecular complexity index is 857. The first-order valence-electron chi connectivity index (χ1n) is 8.16. The summed E-state index contributed by atoms with van der Waals surface area (Å²) in [6, 6.07) is 21.1. The van der Waals surface area contributed by atoms with Crippen molar-refractivity contribution < 1.29 is 14.9 Å². The molecule has 0 bridgehead atoms. The van der Waals surface area contributed by atoms with Gasteiger partial charge >= 0.3 is 0 Å². The van der Waals surface area contributed by atoms with E-state index < -0.39 is 0 Å². The lowest BCUT2D eigenvalue weighted by molar-refractivity contribution is 0.132. The SMILES string of the molecule is CC(C)(C)Oc1cc[c]c(-c2ccc(O)cc2)c1-c1ccc(O)cc1. The second-order valence-electron chi connectivity index (χ2n) is 6.90. The predicted octanol–water partition coefficient (Wildman–Crippen LogP) is 5.41. The number of ether oxygens (including phenoxy) is 1. The average Bonchev–Trinajstić information content (AvgIpc) is 2.55. The molecule has 3 rings (SSSR count). The third kappa shape index (κ3) is 3.94. The van der Waals surface area contributed by atoms with Crippen LogP contribution in [-0.2, 0) is 0 Å². The van der Waals surface area contributed by atoms with Crippen LogP contribution in [0.5, 0.6) is 17.2 Å². The van der Waals surface area contributed by atoms with E-state index in [0.29, 0.717) is 0 Å². The van der Waals surface area contributed by atoms with Crippen LogP contribution in [0.3, 0.4) is 0 Å². The summed E-state index contributed by atoms with van der Waals surface area (Å²) in [4.78, 5) is 0. The fourth-order valence-electron chi connectivity index (χ4n) is 2.66. The van der Waals surface area contributed by atoms with Gasteiger partial charge in [0.25, 0.3) is 0 Å². The van der Waals surface area contributed by atoms with Crippen molar-refractivity contribution in [1.82, 2.24) is 0 Å². The van der Waals surface area contributed by atoms with E-state index in [1.54, 1.807) is 24.3 Å². The number of rotatable bonds is 3. The molecule has 1 radical (unpaired) electrons. The maximum absolute atomic E-state index is 9.61. The molecule has 0 aliphatic carbocycles. The van der Waals surface area contributed by atoms with Gasteiger partial charge in [-0.25, -0.2) is 0 Å². The van der Waals surface area contributed by atoms with Crippen LogP contribution in [0, 0.1) is 6.07 Å². The minimum atomic E-state index is -0.348. The molecule has 0 fully saturated rings. The van der Waals surface area contributed by atoms with E-state index in [9.17, 15) is 10.2 Å². The molecule has 0 unspecified atom stereocenters. The van der Waals surface area contributed by atoms with Crippen LogP contribution < -0.4 is 4.74 Å². The highest BCUT2D eigenvalue weighted by Gasteiger charge is 2.19. The van der Waals surface area contributed by atoms with Crippen molar-refractivity contribution >= 4 is 0 Å². The van der Waals surface area contributed by atoms with Gasteiger partial charge in [0.2, 0.25) is 0 Å². The minimum Gasteiger partial charge on any atom is -0.508 e. The molecule has 0 saturated heterocycles. The third-order valence-corrected chi connectivity index (χ3v) is 3.69. The van der Waals surface area contributed by atoms with E-state index in [-0.39, 0.29) is 17.1 Å². The first kappa shape index (κ1) is 16.9. The molecule has 0 heterocycles. The minimum absolute atomic E-state index is 0.216. The average molecular weight is 333 g/mol. The van der Waals surface area contributed by atoms with Crippen molar-refractivity contribution in [2.75, 3.05) is 0 Å². The fraction of sp³-hybridized carbons (Fsp3) is 0.182. The van der Waals surface area contributed by atoms with Gasteiger partial charge in [0.15, 0.2) is 0 Å². The Morgan fingerprint density at radius 3 is 1.80 bits per heavy atom. The number of hydrogen-bond acceptors (Lipinski definition) is 3. The number of phenolic OH excluding ortho intramolecular Hbond substituents is 2. The fourth-order valence-corrected chi connectivity index (χ4v) is 2.66. The highest BCUT2D eigenvalue weighted by molar-refractivity contribution is 5.87. The summed E-state index contributed by atoms with van der Waals surface area (Å²) in [6.07, 6.45) is 0. The first-order valence-corrected chi connectivity index (χ1v) is 8.16. The van der Waals surface area contributed by atoms with Crippen LogP contribution in [0.1, 0.15) is 20.8 Å². The largest absolute Gasteiger partial charge is 0.508 e. The molecule has 127 valence electrons. The quantitative estimate of drug-likeness (QED) is 0.674. The molecule has 0 spiro atoms. The standard InChI is InChI=1S/C22H21O3/c1-22(2,3)25-20-6-4-5-19(15-7-11-17(23)12-8-15)21(20)16-9-13-18(24)14-10-16/h4,6-14,23-24H,1-3H3. The normalized spacial score (nSPS) is 11.3. The van der Waals surface area contributed by atoms with Crippen molar-refractivity contribution in [3.8, 4) is 39.5 Å². The zero-order valence-electron chi connectivity index (χ0n) is 14.6. The molecule has 2 N–H and O–H groups in total. The van der Waals surface area contributed by atoms with Gasteiger partial charge in [-0.05, 0) is 68.3 Å². The molecular formula is C22H21O3. The van der Waals surface area contributed by atoms with Gasteiger partial charge < -0.3 is 14.9 Å². The van der Waals surface area contributed by atoms with Crippen LogP contribution >= 0.6 is 0 Å². The second-order valence-corrected chi connectivity index (χ2v) is 6.90. The zero-order valence-corrected chi connectivity index (χ0v) is 14.6. The topological polar surface area (TPSA) is 49.7 Å². The van der Waals surface area contributed by atoms with Gasteiger partial charge in [-0.15, -0.1) is 0 Å². The van der Waals surface area contributed by atoms with Gasteiger partial charge in [-0.1, -0.05) is 30.3 Å². The summed E-state index contributed by atoms with van der Waals surface area (Å²) in [5.41, 5.74) is 3.30. The molecule has 0 atom stereocenters. The molecule has 25 heavy (non-hydrogen) atoms. The van der Waals surface area contributed by atoms with Crippen LogP contribution in [0.15, 0.2) is 60.7 Å². The lowest BCUT2D eigenvalue weighted by Crippen LogP contribution is -2.23. The van der Waals surface area contributed by atoms with Gasteiger partial charge in [-0.2, -0.15) is 0 Å². The molecule has 3 nitrogen and oxygen atoms in total. The Kier molecular flexibility index (Phi) is 4.41. The van der Waals surface area contributed by atoms with E-state index in [1.807, 2.05) is 57.2 Å². The number of aromatic hydroxyl groups is 2. The van der Waals surface area contributed by atoms with E-state index in [1.165, 1.54) is 0 Å². The number of hydrogen-bond donors (Lipinski definition) is 2. The maximum atomic E-state index is 9.61. The van der Waals surface area contributed by atoms with Crippen molar-refractivity contribution in [2.45, 2.75) is 26.4 Å². The van der Waals surface area contributed by atoms with Gasteiger partial charge in [-0.3, -0.25) is 0 Å².